The number of carbonyl (C=O) groups is 1. The fraction of sp³-hybridized carbons (Fsp3) is 0.200. The summed E-state index contributed by atoms with van der Waals surface area (Å²) >= 11 is 6.03. The molecule has 0 fully saturated rings. The minimum atomic E-state index is -0.471. The van der Waals surface area contributed by atoms with Crippen LogP contribution in [0.4, 0.5) is 0 Å². The summed E-state index contributed by atoms with van der Waals surface area (Å²) in [6.07, 6.45) is 1.44. The standard InChI is InChI=1S/C15H15ClN2O2/c1-10-7-13(16)12(8-17-10)15(20)18-14(9-19)11-5-3-2-4-6-11/h2-8,14,19H,9H2,1H3,(H,18,20)/t14-/m1/s1. The van der Waals surface area contributed by atoms with Crippen LogP contribution in [-0.2, 0) is 0 Å². The highest BCUT2D eigenvalue weighted by molar-refractivity contribution is 6.33. The Morgan fingerprint density at radius 3 is 2.70 bits per heavy atom. The Labute approximate surface area is 122 Å². The average molecular weight is 291 g/mol. The van der Waals surface area contributed by atoms with Gasteiger partial charge in [-0.05, 0) is 18.6 Å². The van der Waals surface area contributed by atoms with E-state index >= 15 is 0 Å². The third-order valence-corrected chi connectivity index (χ3v) is 3.24. The highest BCUT2D eigenvalue weighted by Gasteiger charge is 2.17. The van der Waals surface area contributed by atoms with E-state index in [1.165, 1.54) is 6.20 Å². The zero-order valence-corrected chi connectivity index (χ0v) is 11.8. The largest absolute Gasteiger partial charge is 0.394 e. The van der Waals surface area contributed by atoms with Crippen molar-refractivity contribution >= 4 is 17.5 Å². The monoisotopic (exact) mass is 290 g/mol. The molecule has 1 atom stereocenters. The highest BCUT2D eigenvalue weighted by Crippen LogP contribution is 2.18. The molecule has 2 N–H and O–H groups in total. The minimum absolute atomic E-state index is 0.188. The first-order valence-corrected chi connectivity index (χ1v) is 6.58. The summed E-state index contributed by atoms with van der Waals surface area (Å²) in [6.45, 7) is 1.61. The van der Waals surface area contributed by atoms with Gasteiger partial charge < -0.3 is 10.4 Å². The van der Waals surface area contributed by atoms with Gasteiger partial charge in [0.25, 0.3) is 5.91 Å². The van der Waals surface area contributed by atoms with Crippen LogP contribution in [0.15, 0.2) is 42.6 Å². The number of carbonyl (C=O) groups excluding carboxylic acids is 1. The Balaban J connectivity index is 2.17. The number of hydrogen-bond acceptors (Lipinski definition) is 3. The smallest absolute Gasteiger partial charge is 0.254 e. The molecule has 0 aliphatic heterocycles. The van der Waals surface area contributed by atoms with Crippen molar-refractivity contribution < 1.29 is 9.90 Å². The number of hydrogen-bond donors (Lipinski definition) is 2. The Hall–Kier alpha value is -1.91. The molecule has 2 rings (SSSR count). The highest BCUT2D eigenvalue weighted by atomic mass is 35.5. The van der Waals surface area contributed by atoms with Crippen LogP contribution in [-0.4, -0.2) is 22.6 Å². The fourth-order valence-electron chi connectivity index (χ4n) is 1.85. The van der Waals surface area contributed by atoms with Crippen molar-refractivity contribution in [3.8, 4) is 0 Å². The number of pyridine rings is 1. The second kappa shape index (κ2) is 6.50. The number of aryl methyl sites for hydroxylation is 1. The molecule has 0 bridgehead atoms. The lowest BCUT2D eigenvalue weighted by Gasteiger charge is -2.17. The Bertz CT molecular complexity index is 602. The SMILES string of the molecule is Cc1cc(Cl)c(C(=O)N[C@H](CO)c2ccccc2)cn1. The average Bonchev–Trinajstić information content (AvgIpc) is 2.45. The molecule has 0 aliphatic carbocycles. The van der Waals surface area contributed by atoms with Crippen LogP contribution in [0.3, 0.4) is 0 Å². The predicted molar refractivity (Wildman–Crippen MR) is 77.7 cm³/mol. The number of aromatic nitrogens is 1. The number of halogens is 1. The Morgan fingerprint density at radius 1 is 1.40 bits per heavy atom. The Kier molecular flexibility index (Phi) is 4.71. The van der Waals surface area contributed by atoms with Crippen LogP contribution in [0.5, 0.6) is 0 Å². The minimum Gasteiger partial charge on any atom is -0.394 e. The molecule has 20 heavy (non-hydrogen) atoms. The maximum absolute atomic E-state index is 12.2. The molecule has 0 saturated heterocycles. The van der Waals surface area contributed by atoms with Crippen molar-refractivity contribution in [2.24, 2.45) is 0 Å². The number of benzene rings is 1. The zero-order chi connectivity index (χ0) is 14.5. The molecule has 0 saturated carbocycles. The molecule has 1 amide bonds. The molecular weight excluding hydrogens is 276 g/mol. The number of rotatable bonds is 4. The number of nitrogens with zero attached hydrogens (tertiary/aromatic N) is 1. The van der Waals surface area contributed by atoms with E-state index in [4.69, 9.17) is 11.6 Å². The van der Waals surface area contributed by atoms with Crippen molar-refractivity contribution in [1.82, 2.24) is 10.3 Å². The molecule has 104 valence electrons. The number of aliphatic hydroxyl groups excluding tert-OH is 1. The van der Waals surface area contributed by atoms with Crippen LogP contribution in [0.2, 0.25) is 5.02 Å². The van der Waals surface area contributed by atoms with Crippen molar-refractivity contribution in [3.05, 3.63) is 64.4 Å². The molecule has 0 radical (unpaired) electrons. The maximum Gasteiger partial charge on any atom is 0.254 e. The van der Waals surface area contributed by atoms with Crippen molar-refractivity contribution in [1.29, 1.82) is 0 Å². The number of amides is 1. The first-order valence-electron chi connectivity index (χ1n) is 6.20. The van der Waals surface area contributed by atoms with Gasteiger partial charge in [0, 0.05) is 11.9 Å². The second-order valence-electron chi connectivity index (χ2n) is 4.42. The van der Waals surface area contributed by atoms with Gasteiger partial charge in [0.15, 0.2) is 0 Å². The summed E-state index contributed by atoms with van der Waals surface area (Å²) in [5.41, 5.74) is 1.87. The van der Waals surface area contributed by atoms with Gasteiger partial charge >= 0.3 is 0 Å². The topological polar surface area (TPSA) is 62.2 Å². The van der Waals surface area contributed by atoms with Crippen molar-refractivity contribution in [3.63, 3.8) is 0 Å². The fourth-order valence-corrected chi connectivity index (χ4v) is 2.14. The summed E-state index contributed by atoms with van der Waals surface area (Å²) in [7, 11) is 0. The second-order valence-corrected chi connectivity index (χ2v) is 4.83. The van der Waals surface area contributed by atoms with Gasteiger partial charge in [0.1, 0.15) is 0 Å². The maximum atomic E-state index is 12.2. The van der Waals surface area contributed by atoms with Crippen molar-refractivity contribution in [2.75, 3.05) is 6.61 Å². The van der Waals surface area contributed by atoms with Crippen LogP contribution in [0.1, 0.15) is 27.7 Å². The summed E-state index contributed by atoms with van der Waals surface area (Å²) in [5, 5.41) is 12.5. The Morgan fingerprint density at radius 2 is 2.10 bits per heavy atom. The zero-order valence-electron chi connectivity index (χ0n) is 11.0. The summed E-state index contributed by atoms with van der Waals surface area (Å²) in [5.74, 6) is -0.356. The first kappa shape index (κ1) is 14.5. The molecule has 0 spiro atoms. The van der Waals surface area contributed by atoms with E-state index in [0.29, 0.717) is 10.6 Å². The van der Waals surface area contributed by atoms with Crippen LogP contribution in [0.25, 0.3) is 0 Å². The van der Waals surface area contributed by atoms with Crippen molar-refractivity contribution in [2.45, 2.75) is 13.0 Å². The van der Waals surface area contributed by atoms with E-state index in [0.717, 1.165) is 11.3 Å². The predicted octanol–water partition coefficient (Wildman–Crippen LogP) is 2.51. The van der Waals surface area contributed by atoms with Gasteiger partial charge in [0.2, 0.25) is 0 Å². The molecular formula is C15H15ClN2O2. The lowest BCUT2D eigenvalue weighted by atomic mass is 10.1. The first-order chi connectivity index (χ1) is 9.61. The van der Waals surface area contributed by atoms with E-state index in [9.17, 15) is 9.90 Å². The number of aliphatic hydroxyl groups is 1. The lowest BCUT2D eigenvalue weighted by molar-refractivity contribution is 0.0916. The molecule has 0 aliphatic rings. The molecule has 1 heterocycles. The van der Waals surface area contributed by atoms with Gasteiger partial charge in [-0.15, -0.1) is 0 Å². The van der Waals surface area contributed by atoms with E-state index < -0.39 is 6.04 Å². The van der Waals surface area contributed by atoms with Crippen LogP contribution in [0, 0.1) is 6.92 Å². The van der Waals surface area contributed by atoms with E-state index in [2.05, 4.69) is 10.3 Å². The molecule has 1 aromatic carbocycles. The van der Waals surface area contributed by atoms with Gasteiger partial charge in [-0.1, -0.05) is 41.9 Å². The summed E-state index contributed by atoms with van der Waals surface area (Å²) in [6, 6.07) is 10.4. The van der Waals surface area contributed by atoms with Crippen LogP contribution >= 0.6 is 11.6 Å². The molecule has 2 aromatic rings. The van der Waals surface area contributed by atoms with Gasteiger partial charge in [-0.25, -0.2) is 0 Å². The third-order valence-electron chi connectivity index (χ3n) is 2.92. The van der Waals surface area contributed by atoms with Gasteiger partial charge in [0.05, 0.1) is 23.2 Å². The molecule has 4 nitrogen and oxygen atoms in total. The van der Waals surface area contributed by atoms with Crippen LogP contribution < -0.4 is 5.32 Å². The van der Waals surface area contributed by atoms with Gasteiger partial charge in [-0.2, -0.15) is 0 Å². The van der Waals surface area contributed by atoms with E-state index in [-0.39, 0.29) is 12.5 Å². The normalized spacial score (nSPS) is 11.9. The van der Waals surface area contributed by atoms with E-state index in [1.54, 1.807) is 13.0 Å². The molecule has 1 aromatic heterocycles. The summed E-state index contributed by atoms with van der Waals surface area (Å²) < 4.78 is 0. The molecule has 0 unspecified atom stereocenters. The lowest BCUT2D eigenvalue weighted by Crippen LogP contribution is -2.31. The summed E-state index contributed by atoms with van der Waals surface area (Å²) in [4.78, 5) is 16.2. The number of nitrogens with one attached hydrogen (secondary N) is 1. The molecule has 5 heteroatoms. The van der Waals surface area contributed by atoms with E-state index in [1.807, 2.05) is 30.3 Å². The third kappa shape index (κ3) is 3.35. The van der Waals surface area contributed by atoms with Gasteiger partial charge in [-0.3, -0.25) is 9.78 Å². The quantitative estimate of drug-likeness (QED) is 0.909.